The number of nitrogens with zero attached hydrogens (tertiary/aromatic N) is 1. The van der Waals surface area contributed by atoms with Crippen LogP contribution in [0.1, 0.15) is 12.5 Å². The van der Waals surface area contributed by atoms with E-state index in [4.69, 9.17) is 10.5 Å². The number of para-hydroxylation sites is 1. The molecule has 0 bridgehead atoms. The molecule has 1 atom stereocenters. The maximum Gasteiger partial charge on any atom is 0.147 e. The molecule has 0 saturated carbocycles. The highest BCUT2D eigenvalue weighted by atomic mass is 19.1. The lowest BCUT2D eigenvalue weighted by molar-refractivity contribution is 0.415. The summed E-state index contributed by atoms with van der Waals surface area (Å²) >= 11 is 0. The number of benzene rings is 2. The minimum absolute atomic E-state index is 0.0187. The third-order valence-corrected chi connectivity index (χ3v) is 3.41. The molecule has 4 heteroatoms. The molecule has 0 aromatic heterocycles. The minimum Gasteiger partial charge on any atom is -0.497 e. The zero-order valence-electron chi connectivity index (χ0n) is 12.6. The lowest BCUT2D eigenvalue weighted by Gasteiger charge is -2.24. The largest absolute Gasteiger partial charge is 0.497 e. The fourth-order valence-corrected chi connectivity index (χ4v) is 2.38. The maximum absolute atomic E-state index is 14.3. The fourth-order valence-electron chi connectivity index (χ4n) is 2.38. The third kappa shape index (κ3) is 3.52. The number of anilines is 2. The summed E-state index contributed by atoms with van der Waals surface area (Å²) in [4.78, 5) is 1.84. The predicted molar refractivity (Wildman–Crippen MR) is 84.8 cm³/mol. The van der Waals surface area contributed by atoms with Crippen molar-refractivity contribution in [2.75, 3.05) is 19.1 Å². The van der Waals surface area contributed by atoms with Crippen molar-refractivity contribution in [2.45, 2.75) is 19.4 Å². The molecule has 0 fully saturated rings. The van der Waals surface area contributed by atoms with Crippen LogP contribution in [0.25, 0.3) is 0 Å². The van der Waals surface area contributed by atoms with E-state index in [-0.39, 0.29) is 11.9 Å². The summed E-state index contributed by atoms with van der Waals surface area (Å²) in [5, 5.41) is 0. The van der Waals surface area contributed by atoms with Crippen LogP contribution in [-0.4, -0.2) is 20.2 Å². The Bertz CT molecular complexity index is 596. The van der Waals surface area contributed by atoms with Crippen LogP contribution in [0, 0.1) is 5.82 Å². The van der Waals surface area contributed by atoms with Gasteiger partial charge in [0.05, 0.1) is 12.8 Å². The molecule has 21 heavy (non-hydrogen) atoms. The quantitative estimate of drug-likeness (QED) is 0.915. The first-order valence-electron chi connectivity index (χ1n) is 6.93. The van der Waals surface area contributed by atoms with E-state index < -0.39 is 0 Å². The van der Waals surface area contributed by atoms with Crippen LogP contribution in [-0.2, 0) is 6.42 Å². The van der Waals surface area contributed by atoms with Gasteiger partial charge in [-0.2, -0.15) is 0 Å². The molecule has 0 aliphatic heterocycles. The first-order valence-corrected chi connectivity index (χ1v) is 6.93. The van der Waals surface area contributed by atoms with Gasteiger partial charge >= 0.3 is 0 Å². The molecular weight excluding hydrogens is 267 g/mol. The molecule has 2 aromatic rings. The van der Waals surface area contributed by atoms with Gasteiger partial charge in [0.25, 0.3) is 0 Å². The molecule has 0 aliphatic rings. The molecule has 2 aromatic carbocycles. The van der Waals surface area contributed by atoms with E-state index in [9.17, 15) is 4.39 Å². The van der Waals surface area contributed by atoms with Gasteiger partial charge in [0.1, 0.15) is 11.6 Å². The van der Waals surface area contributed by atoms with E-state index in [1.165, 1.54) is 6.07 Å². The summed E-state index contributed by atoms with van der Waals surface area (Å²) < 4.78 is 19.4. The molecule has 0 aliphatic carbocycles. The number of hydrogen-bond donors (Lipinski definition) is 1. The molecule has 0 amide bonds. The lowest BCUT2D eigenvalue weighted by atomic mass is 10.0. The summed E-state index contributed by atoms with van der Waals surface area (Å²) in [6.45, 7) is 1.92. The molecule has 2 N–H and O–H groups in total. The molecule has 0 heterocycles. The summed E-state index contributed by atoms with van der Waals surface area (Å²) in [6.07, 6.45) is 0.633. The fraction of sp³-hybridized carbons (Fsp3) is 0.294. The Morgan fingerprint density at radius 2 is 1.86 bits per heavy atom. The Labute approximate surface area is 125 Å². The zero-order chi connectivity index (χ0) is 15.4. The van der Waals surface area contributed by atoms with Crippen LogP contribution < -0.4 is 15.4 Å². The number of methoxy groups -OCH3 is 1. The second kappa shape index (κ2) is 6.59. The first-order chi connectivity index (χ1) is 10.0. The van der Waals surface area contributed by atoms with Crippen LogP contribution in [0.3, 0.4) is 0 Å². The molecule has 0 radical (unpaired) electrons. The number of rotatable bonds is 5. The Balaban J connectivity index is 2.39. The average Bonchev–Trinajstić information content (AvgIpc) is 2.46. The lowest BCUT2D eigenvalue weighted by Crippen LogP contribution is -2.21. The van der Waals surface area contributed by atoms with Crippen molar-refractivity contribution in [3.8, 4) is 5.75 Å². The van der Waals surface area contributed by atoms with E-state index >= 15 is 0 Å². The van der Waals surface area contributed by atoms with Gasteiger partial charge in [0, 0.05) is 18.8 Å². The Kier molecular flexibility index (Phi) is 4.81. The monoisotopic (exact) mass is 288 g/mol. The molecule has 0 spiro atoms. The van der Waals surface area contributed by atoms with Crippen molar-refractivity contribution < 1.29 is 9.13 Å². The van der Waals surface area contributed by atoms with Gasteiger partial charge < -0.3 is 15.4 Å². The van der Waals surface area contributed by atoms with Crippen LogP contribution in [0.2, 0.25) is 0 Å². The smallest absolute Gasteiger partial charge is 0.147 e. The highest BCUT2D eigenvalue weighted by Crippen LogP contribution is 2.31. The highest BCUT2D eigenvalue weighted by Gasteiger charge is 2.15. The highest BCUT2D eigenvalue weighted by molar-refractivity contribution is 5.67. The Hall–Kier alpha value is -2.07. The van der Waals surface area contributed by atoms with Crippen molar-refractivity contribution in [1.29, 1.82) is 0 Å². The van der Waals surface area contributed by atoms with Crippen molar-refractivity contribution in [1.82, 2.24) is 0 Å². The molecule has 1 unspecified atom stereocenters. The van der Waals surface area contributed by atoms with E-state index in [1.807, 2.05) is 49.2 Å². The van der Waals surface area contributed by atoms with Gasteiger partial charge in [-0.3, -0.25) is 0 Å². The normalized spacial score (nSPS) is 12.0. The van der Waals surface area contributed by atoms with Crippen LogP contribution in [0.15, 0.2) is 42.5 Å². The summed E-state index contributed by atoms with van der Waals surface area (Å²) in [6, 6.07) is 12.6. The summed E-state index contributed by atoms with van der Waals surface area (Å²) in [5.74, 6) is 0.531. The minimum atomic E-state index is -0.244. The van der Waals surface area contributed by atoms with Gasteiger partial charge in [0.15, 0.2) is 0 Å². The Morgan fingerprint density at radius 3 is 2.43 bits per heavy atom. The van der Waals surface area contributed by atoms with Gasteiger partial charge in [0.2, 0.25) is 0 Å². The van der Waals surface area contributed by atoms with E-state index in [1.54, 1.807) is 13.2 Å². The summed E-state index contributed by atoms with van der Waals surface area (Å²) in [5.41, 5.74) is 8.23. The second-order valence-corrected chi connectivity index (χ2v) is 5.19. The number of hydrogen-bond acceptors (Lipinski definition) is 3. The average molecular weight is 288 g/mol. The van der Waals surface area contributed by atoms with Crippen LogP contribution in [0.4, 0.5) is 15.8 Å². The molecule has 3 nitrogen and oxygen atoms in total. The number of halogens is 1. The molecule has 0 saturated heterocycles. The topological polar surface area (TPSA) is 38.5 Å². The first kappa shape index (κ1) is 15.3. The molecule has 2 rings (SSSR count). The maximum atomic E-state index is 14.3. The van der Waals surface area contributed by atoms with E-state index in [2.05, 4.69) is 0 Å². The van der Waals surface area contributed by atoms with Crippen molar-refractivity contribution >= 4 is 11.4 Å². The van der Waals surface area contributed by atoms with Crippen molar-refractivity contribution in [3.05, 3.63) is 53.8 Å². The van der Waals surface area contributed by atoms with Crippen molar-refractivity contribution in [2.24, 2.45) is 5.73 Å². The van der Waals surface area contributed by atoms with Gasteiger partial charge in [-0.1, -0.05) is 12.1 Å². The van der Waals surface area contributed by atoms with Gasteiger partial charge in [-0.05, 0) is 49.2 Å². The van der Waals surface area contributed by atoms with Crippen molar-refractivity contribution in [3.63, 3.8) is 0 Å². The molecule has 112 valence electrons. The van der Waals surface area contributed by atoms with Gasteiger partial charge in [-0.15, -0.1) is 0 Å². The van der Waals surface area contributed by atoms with Crippen LogP contribution in [0.5, 0.6) is 5.75 Å². The standard InChI is InChI=1S/C17H21FN2O/c1-12(19)11-13-5-4-6-16(18)17(13)20(2)14-7-9-15(21-3)10-8-14/h4-10,12H,11,19H2,1-3H3. The van der Waals surface area contributed by atoms with Gasteiger partial charge in [-0.25, -0.2) is 4.39 Å². The zero-order valence-corrected chi connectivity index (χ0v) is 12.6. The van der Waals surface area contributed by atoms with E-state index in [0.29, 0.717) is 12.1 Å². The summed E-state index contributed by atoms with van der Waals surface area (Å²) in [7, 11) is 3.47. The predicted octanol–water partition coefficient (Wildman–Crippen LogP) is 3.49. The van der Waals surface area contributed by atoms with E-state index in [0.717, 1.165) is 17.0 Å². The SMILES string of the molecule is COc1ccc(N(C)c2c(F)cccc2CC(C)N)cc1. The Morgan fingerprint density at radius 1 is 1.19 bits per heavy atom. The molecular formula is C17H21FN2O. The number of ether oxygens (including phenoxy) is 1. The third-order valence-electron chi connectivity index (χ3n) is 3.41. The number of nitrogens with two attached hydrogens (primary N) is 1. The van der Waals surface area contributed by atoms with Crippen LogP contribution >= 0.6 is 0 Å². The second-order valence-electron chi connectivity index (χ2n) is 5.19.